The first-order chi connectivity index (χ1) is 9.76. The number of para-hydroxylation sites is 1. The monoisotopic (exact) mass is 266 g/mol. The second-order valence-corrected chi connectivity index (χ2v) is 5.26. The van der Waals surface area contributed by atoms with Crippen LogP contribution in [-0.4, -0.2) is 5.91 Å². The summed E-state index contributed by atoms with van der Waals surface area (Å²) in [7, 11) is 0. The molecule has 3 heteroatoms. The molecule has 3 N–H and O–H groups in total. The third kappa shape index (κ3) is 2.21. The van der Waals surface area contributed by atoms with Gasteiger partial charge in [-0.3, -0.25) is 4.79 Å². The summed E-state index contributed by atoms with van der Waals surface area (Å²) in [6.07, 6.45) is 1.82. The molecular weight excluding hydrogens is 248 g/mol. The van der Waals surface area contributed by atoms with E-state index in [1.807, 2.05) is 54.6 Å². The van der Waals surface area contributed by atoms with Crippen molar-refractivity contribution < 1.29 is 4.79 Å². The van der Waals surface area contributed by atoms with Crippen molar-refractivity contribution >= 4 is 11.6 Å². The summed E-state index contributed by atoms with van der Waals surface area (Å²) < 4.78 is 0. The summed E-state index contributed by atoms with van der Waals surface area (Å²) in [6.45, 7) is 0.425. The van der Waals surface area contributed by atoms with Crippen LogP contribution in [0.1, 0.15) is 24.0 Å². The van der Waals surface area contributed by atoms with Gasteiger partial charge in [0.2, 0.25) is 5.91 Å². The van der Waals surface area contributed by atoms with E-state index in [1.54, 1.807) is 0 Å². The third-order valence-corrected chi connectivity index (χ3v) is 4.00. The molecule has 0 aromatic heterocycles. The maximum Gasteiger partial charge on any atom is 0.235 e. The van der Waals surface area contributed by atoms with Gasteiger partial charge in [-0.1, -0.05) is 48.5 Å². The number of carbonyl (C=O) groups is 1. The lowest BCUT2D eigenvalue weighted by Crippen LogP contribution is -2.28. The van der Waals surface area contributed by atoms with E-state index in [0.29, 0.717) is 6.54 Å². The average Bonchev–Trinajstić information content (AvgIpc) is 3.30. The van der Waals surface area contributed by atoms with Crippen LogP contribution in [0.2, 0.25) is 0 Å². The average molecular weight is 266 g/mol. The van der Waals surface area contributed by atoms with Crippen LogP contribution in [0.5, 0.6) is 0 Å². The standard InChI is InChI=1S/C17H18N2O/c18-12-13-6-4-5-9-15(13)19-16(20)17(10-11-17)14-7-2-1-3-8-14/h1-9H,10-12,18H2,(H,19,20). The zero-order chi connectivity index (χ0) is 14.0. The highest BCUT2D eigenvalue weighted by atomic mass is 16.2. The third-order valence-electron chi connectivity index (χ3n) is 4.00. The van der Waals surface area contributed by atoms with Gasteiger partial charge < -0.3 is 11.1 Å². The number of amides is 1. The van der Waals surface area contributed by atoms with E-state index < -0.39 is 0 Å². The Hall–Kier alpha value is -2.13. The van der Waals surface area contributed by atoms with Crippen molar-refractivity contribution in [2.45, 2.75) is 24.8 Å². The summed E-state index contributed by atoms with van der Waals surface area (Å²) in [6, 6.07) is 17.7. The molecule has 1 aliphatic rings. The molecule has 3 nitrogen and oxygen atoms in total. The fraction of sp³-hybridized carbons (Fsp3) is 0.235. The summed E-state index contributed by atoms with van der Waals surface area (Å²) >= 11 is 0. The molecule has 0 saturated heterocycles. The number of rotatable bonds is 4. The topological polar surface area (TPSA) is 55.1 Å². The van der Waals surface area contributed by atoms with Crippen LogP contribution in [0.4, 0.5) is 5.69 Å². The van der Waals surface area contributed by atoms with Gasteiger partial charge >= 0.3 is 0 Å². The zero-order valence-corrected chi connectivity index (χ0v) is 11.3. The molecule has 1 fully saturated rings. The molecular formula is C17H18N2O. The predicted octanol–water partition coefficient (Wildman–Crippen LogP) is 2.82. The van der Waals surface area contributed by atoms with Gasteiger partial charge in [0, 0.05) is 12.2 Å². The van der Waals surface area contributed by atoms with E-state index in [4.69, 9.17) is 5.73 Å². The zero-order valence-electron chi connectivity index (χ0n) is 11.3. The molecule has 3 rings (SSSR count). The Morgan fingerprint density at radius 1 is 1.05 bits per heavy atom. The number of nitrogens with one attached hydrogen (secondary N) is 1. The van der Waals surface area contributed by atoms with Crippen LogP contribution in [-0.2, 0) is 16.8 Å². The Bertz CT molecular complexity index is 618. The lowest BCUT2D eigenvalue weighted by molar-refractivity contribution is -0.118. The van der Waals surface area contributed by atoms with E-state index in [-0.39, 0.29) is 11.3 Å². The van der Waals surface area contributed by atoms with Crippen LogP contribution in [0.25, 0.3) is 0 Å². The van der Waals surface area contributed by atoms with Crippen LogP contribution in [0.3, 0.4) is 0 Å². The minimum absolute atomic E-state index is 0.0737. The van der Waals surface area contributed by atoms with Crippen molar-refractivity contribution in [2.24, 2.45) is 5.73 Å². The molecule has 0 heterocycles. The van der Waals surface area contributed by atoms with Crippen LogP contribution in [0, 0.1) is 0 Å². The van der Waals surface area contributed by atoms with Crippen LogP contribution < -0.4 is 11.1 Å². The van der Waals surface area contributed by atoms with E-state index in [0.717, 1.165) is 29.7 Å². The van der Waals surface area contributed by atoms with E-state index in [2.05, 4.69) is 5.32 Å². The second kappa shape index (κ2) is 5.10. The van der Waals surface area contributed by atoms with Crippen LogP contribution in [0.15, 0.2) is 54.6 Å². The minimum atomic E-state index is -0.344. The SMILES string of the molecule is NCc1ccccc1NC(=O)C1(c2ccccc2)CC1. The molecule has 1 saturated carbocycles. The lowest BCUT2D eigenvalue weighted by atomic mass is 9.95. The van der Waals surface area contributed by atoms with Gasteiger partial charge in [-0.2, -0.15) is 0 Å². The molecule has 0 unspecified atom stereocenters. The van der Waals surface area contributed by atoms with Crippen molar-refractivity contribution in [1.29, 1.82) is 0 Å². The van der Waals surface area contributed by atoms with Gasteiger partial charge in [0.1, 0.15) is 0 Å². The van der Waals surface area contributed by atoms with Gasteiger partial charge in [0.05, 0.1) is 5.41 Å². The maximum absolute atomic E-state index is 12.6. The highest BCUT2D eigenvalue weighted by molar-refractivity contribution is 6.01. The molecule has 20 heavy (non-hydrogen) atoms. The van der Waals surface area contributed by atoms with Gasteiger partial charge in [0.25, 0.3) is 0 Å². The molecule has 0 aliphatic heterocycles. The molecule has 1 amide bonds. The summed E-state index contributed by atoms with van der Waals surface area (Å²) in [5.41, 5.74) is 8.25. The smallest absolute Gasteiger partial charge is 0.235 e. The molecule has 0 bridgehead atoms. The number of hydrogen-bond donors (Lipinski definition) is 2. The minimum Gasteiger partial charge on any atom is -0.326 e. The molecule has 102 valence electrons. The lowest BCUT2D eigenvalue weighted by Gasteiger charge is -2.17. The van der Waals surface area contributed by atoms with Crippen molar-refractivity contribution in [3.8, 4) is 0 Å². The first-order valence-electron chi connectivity index (χ1n) is 6.91. The Morgan fingerprint density at radius 2 is 1.70 bits per heavy atom. The predicted molar refractivity (Wildman–Crippen MR) is 80.3 cm³/mol. The summed E-state index contributed by atoms with van der Waals surface area (Å²) in [4.78, 5) is 12.6. The molecule has 0 radical (unpaired) electrons. The number of anilines is 1. The van der Waals surface area contributed by atoms with E-state index in [9.17, 15) is 4.79 Å². The molecule has 2 aromatic rings. The number of benzene rings is 2. The van der Waals surface area contributed by atoms with Crippen LogP contribution >= 0.6 is 0 Å². The summed E-state index contributed by atoms with van der Waals surface area (Å²) in [5.74, 6) is 0.0737. The van der Waals surface area contributed by atoms with Gasteiger partial charge in [-0.15, -0.1) is 0 Å². The Labute approximate surface area is 118 Å². The number of carbonyl (C=O) groups excluding carboxylic acids is 1. The molecule has 2 aromatic carbocycles. The first-order valence-corrected chi connectivity index (χ1v) is 6.91. The van der Waals surface area contributed by atoms with Gasteiger partial charge in [-0.05, 0) is 30.0 Å². The second-order valence-electron chi connectivity index (χ2n) is 5.26. The van der Waals surface area contributed by atoms with Crippen molar-refractivity contribution in [2.75, 3.05) is 5.32 Å². The Kier molecular flexibility index (Phi) is 3.28. The maximum atomic E-state index is 12.6. The number of hydrogen-bond acceptors (Lipinski definition) is 2. The summed E-state index contributed by atoms with van der Waals surface area (Å²) in [5, 5.41) is 3.04. The van der Waals surface area contributed by atoms with E-state index in [1.165, 1.54) is 0 Å². The first kappa shape index (κ1) is 12.9. The molecule has 0 atom stereocenters. The number of nitrogens with two attached hydrogens (primary N) is 1. The normalized spacial score (nSPS) is 15.7. The Balaban J connectivity index is 1.84. The van der Waals surface area contributed by atoms with Crippen molar-refractivity contribution in [3.05, 3.63) is 65.7 Å². The Morgan fingerprint density at radius 3 is 2.35 bits per heavy atom. The van der Waals surface area contributed by atoms with Crippen molar-refractivity contribution in [1.82, 2.24) is 0 Å². The van der Waals surface area contributed by atoms with Gasteiger partial charge in [0.15, 0.2) is 0 Å². The van der Waals surface area contributed by atoms with Crippen molar-refractivity contribution in [3.63, 3.8) is 0 Å². The fourth-order valence-corrected chi connectivity index (χ4v) is 2.59. The quantitative estimate of drug-likeness (QED) is 0.894. The fourth-order valence-electron chi connectivity index (χ4n) is 2.59. The largest absolute Gasteiger partial charge is 0.326 e. The van der Waals surface area contributed by atoms with Gasteiger partial charge in [-0.25, -0.2) is 0 Å². The van der Waals surface area contributed by atoms with E-state index >= 15 is 0 Å². The highest BCUT2D eigenvalue weighted by Gasteiger charge is 2.51. The molecule has 1 aliphatic carbocycles. The highest BCUT2D eigenvalue weighted by Crippen LogP contribution is 2.49. The molecule has 0 spiro atoms.